The largest absolute Gasteiger partial charge is 0.356 e. The maximum atomic E-state index is 11.7. The molecule has 0 aliphatic rings. The lowest BCUT2D eigenvalue weighted by Crippen LogP contribution is -2.28. The van der Waals surface area contributed by atoms with Crippen LogP contribution in [0.3, 0.4) is 0 Å². The van der Waals surface area contributed by atoms with Gasteiger partial charge in [0.1, 0.15) is 6.42 Å². The minimum atomic E-state index is -0.365. The lowest BCUT2D eigenvalue weighted by molar-refractivity contribution is -0.126. The lowest BCUT2D eigenvalue weighted by atomic mass is 10.2. The van der Waals surface area contributed by atoms with Crippen LogP contribution in [-0.2, 0) is 14.4 Å². The number of hydrogen-bond donors (Lipinski definition) is 3. The molecule has 3 amide bonds. The van der Waals surface area contributed by atoms with Gasteiger partial charge in [-0.05, 0) is 30.7 Å². The molecule has 1 aromatic carbocycles. The molecular weight excluding hydrogens is 270 g/mol. The second-order valence-corrected chi connectivity index (χ2v) is 4.69. The first-order valence-electron chi connectivity index (χ1n) is 6.95. The van der Waals surface area contributed by atoms with Gasteiger partial charge < -0.3 is 16.0 Å². The van der Waals surface area contributed by atoms with Gasteiger partial charge in [-0.3, -0.25) is 14.4 Å². The molecule has 0 fully saturated rings. The molecule has 0 atom stereocenters. The molecule has 1 aromatic rings. The van der Waals surface area contributed by atoms with Crippen LogP contribution in [0.4, 0.5) is 11.4 Å². The second kappa shape index (κ2) is 8.73. The Balaban J connectivity index is 2.40. The van der Waals surface area contributed by atoms with Crippen molar-refractivity contribution >= 4 is 29.1 Å². The number of carbonyl (C=O) groups excluding carboxylic acids is 3. The number of amides is 3. The van der Waals surface area contributed by atoms with Gasteiger partial charge in [-0.15, -0.1) is 0 Å². The van der Waals surface area contributed by atoms with Crippen LogP contribution >= 0.6 is 0 Å². The monoisotopic (exact) mass is 291 g/mol. The van der Waals surface area contributed by atoms with E-state index in [4.69, 9.17) is 0 Å². The van der Waals surface area contributed by atoms with E-state index < -0.39 is 0 Å². The predicted molar refractivity (Wildman–Crippen MR) is 81.9 cm³/mol. The van der Waals surface area contributed by atoms with E-state index in [-0.39, 0.29) is 24.1 Å². The number of unbranched alkanes of at least 4 members (excludes halogenated alkanes) is 1. The van der Waals surface area contributed by atoms with Gasteiger partial charge in [-0.1, -0.05) is 13.3 Å². The fraction of sp³-hybridized carbons (Fsp3) is 0.400. The van der Waals surface area contributed by atoms with Gasteiger partial charge in [0, 0.05) is 24.8 Å². The molecule has 114 valence electrons. The van der Waals surface area contributed by atoms with Crippen molar-refractivity contribution in [3.63, 3.8) is 0 Å². The van der Waals surface area contributed by atoms with Crippen LogP contribution in [0.25, 0.3) is 0 Å². The number of anilines is 2. The summed E-state index contributed by atoms with van der Waals surface area (Å²) in [6.45, 7) is 4.05. The number of hydrogen-bond acceptors (Lipinski definition) is 3. The van der Waals surface area contributed by atoms with Crippen molar-refractivity contribution in [3.05, 3.63) is 24.3 Å². The van der Waals surface area contributed by atoms with Gasteiger partial charge in [-0.2, -0.15) is 0 Å². The Labute approximate surface area is 124 Å². The third-order valence-corrected chi connectivity index (χ3v) is 2.66. The highest BCUT2D eigenvalue weighted by Gasteiger charge is 2.09. The zero-order valence-electron chi connectivity index (χ0n) is 12.4. The van der Waals surface area contributed by atoms with Gasteiger partial charge >= 0.3 is 0 Å². The highest BCUT2D eigenvalue weighted by Crippen LogP contribution is 2.13. The van der Waals surface area contributed by atoms with Crippen molar-refractivity contribution in [2.45, 2.75) is 33.1 Å². The Morgan fingerprint density at radius 1 is 0.952 bits per heavy atom. The van der Waals surface area contributed by atoms with E-state index >= 15 is 0 Å². The molecule has 0 bridgehead atoms. The molecule has 21 heavy (non-hydrogen) atoms. The van der Waals surface area contributed by atoms with E-state index in [0.717, 1.165) is 12.8 Å². The zero-order valence-corrected chi connectivity index (χ0v) is 12.4. The first-order valence-corrected chi connectivity index (χ1v) is 6.95. The summed E-state index contributed by atoms with van der Waals surface area (Å²) in [5, 5.41) is 7.95. The summed E-state index contributed by atoms with van der Waals surface area (Å²) < 4.78 is 0. The SMILES string of the molecule is CCCCNC(=O)CC(=O)Nc1ccc(NC(C)=O)cc1. The molecule has 0 heterocycles. The molecule has 0 spiro atoms. The summed E-state index contributed by atoms with van der Waals surface area (Å²) in [4.78, 5) is 34.0. The van der Waals surface area contributed by atoms with Gasteiger partial charge in [0.25, 0.3) is 0 Å². The molecular formula is C15H21N3O3. The van der Waals surface area contributed by atoms with Crippen molar-refractivity contribution in [3.8, 4) is 0 Å². The Morgan fingerprint density at radius 3 is 2.05 bits per heavy atom. The summed E-state index contributed by atoms with van der Waals surface area (Å²) >= 11 is 0. The molecule has 0 aromatic heterocycles. The number of nitrogens with one attached hydrogen (secondary N) is 3. The number of rotatable bonds is 7. The van der Waals surface area contributed by atoms with Crippen LogP contribution in [0.1, 0.15) is 33.1 Å². The molecule has 0 saturated heterocycles. The topological polar surface area (TPSA) is 87.3 Å². The van der Waals surface area contributed by atoms with E-state index in [0.29, 0.717) is 17.9 Å². The van der Waals surface area contributed by atoms with Crippen molar-refractivity contribution in [2.75, 3.05) is 17.2 Å². The fourth-order valence-corrected chi connectivity index (χ4v) is 1.66. The quantitative estimate of drug-likeness (QED) is 0.529. The van der Waals surface area contributed by atoms with Crippen LogP contribution in [0.5, 0.6) is 0 Å². The molecule has 6 nitrogen and oxygen atoms in total. The Kier molecular flexibility index (Phi) is 6.94. The van der Waals surface area contributed by atoms with Gasteiger partial charge in [-0.25, -0.2) is 0 Å². The third-order valence-electron chi connectivity index (χ3n) is 2.66. The van der Waals surface area contributed by atoms with Crippen molar-refractivity contribution in [2.24, 2.45) is 0 Å². The summed E-state index contributed by atoms with van der Waals surface area (Å²) in [6.07, 6.45) is 1.70. The molecule has 0 unspecified atom stereocenters. The lowest BCUT2D eigenvalue weighted by Gasteiger charge is -2.07. The Bertz CT molecular complexity index is 497. The van der Waals surface area contributed by atoms with Crippen LogP contribution in [0.2, 0.25) is 0 Å². The average molecular weight is 291 g/mol. The van der Waals surface area contributed by atoms with E-state index in [1.165, 1.54) is 6.92 Å². The zero-order chi connectivity index (χ0) is 15.7. The summed E-state index contributed by atoms with van der Waals surface area (Å²) in [5.41, 5.74) is 1.23. The Morgan fingerprint density at radius 2 is 1.52 bits per heavy atom. The van der Waals surface area contributed by atoms with Gasteiger partial charge in [0.05, 0.1) is 0 Å². The third kappa shape index (κ3) is 7.10. The molecule has 0 saturated carbocycles. The van der Waals surface area contributed by atoms with Crippen LogP contribution in [0.15, 0.2) is 24.3 Å². The Hall–Kier alpha value is -2.37. The summed E-state index contributed by atoms with van der Waals surface area (Å²) in [7, 11) is 0. The van der Waals surface area contributed by atoms with Crippen LogP contribution in [0, 0.1) is 0 Å². The summed E-state index contributed by atoms with van der Waals surface area (Å²) in [5.74, 6) is -0.803. The summed E-state index contributed by atoms with van der Waals surface area (Å²) in [6, 6.07) is 6.69. The standard InChI is InChI=1S/C15H21N3O3/c1-3-4-9-16-14(20)10-15(21)18-13-7-5-12(6-8-13)17-11(2)19/h5-8H,3-4,9-10H2,1-2H3,(H,16,20)(H,17,19)(H,18,21). The van der Waals surface area contributed by atoms with E-state index in [9.17, 15) is 14.4 Å². The first kappa shape index (κ1) is 16.7. The maximum absolute atomic E-state index is 11.7. The van der Waals surface area contributed by atoms with Crippen molar-refractivity contribution < 1.29 is 14.4 Å². The molecule has 0 aliphatic heterocycles. The molecule has 0 aliphatic carbocycles. The molecule has 1 rings (SSSR count). The molecule has 0 radical (unpaired) electrons. The van der Waals surface area contributed by atoms with Gasteiger partial charge in [0.2, 0.25) is 17.7 Å². The van der Waals surface area contributed by atoms with E-state index in [2.05, 4.69) is 16.0 Å². The first-order chi connectivity index (χ1) is 10.0. The maximum Gasteiger partial charge on any atom is 0.233 e. The average Bonchev–Trinajstić information content (AvgIpc) is 2.40. The molecule has 3 N–H and O–H groups in total. The van der Waals surface area contributed by atoms with Crippen LogP contribution < -0.4 is 16.0 Å². The van der Waals surface area contributed by atoms with E-state index in [1.807, 2.05) is 6.92 Å². The number of carbonyl (C=O) groups is 3. The van der Waals surface area contributed by atoms with Gasteiger partial charge in [0.15, 0.2) is 0 Å². The fourth-order valence-electron chi connectivity index (χ4n) is 1.66. The van der Waals surface area contributed by atoms with Crippen molar-refractivity contribution in [1.29, 1.82) is 0 Å². The van der Waals surface area contributed by atoms with E-state index in [1.54, 1.807) is 24.3 Å². The predicted octanol–water partition coefficient (Wildman–Crippen LogP) is 1.89. The molecule has 6 heteroatoms. The van der Waals surface area contributed by atoms with Crippen molar-refractivity contribution in [1.82, 2.24) is 5.32 Å². The minimum Gasteiger partial charge on any atom is -0.356 e. The normalized spacial score (nSPS) is 9.81. The smallest absolute Gasteiger partial charge is 0.233 e. The second-order valence-electron chi connectivity index (χ2n) is 4.69. The minimum absolute atomic E-state index is 0.157. The highest BCUT2D eigenvalue weighted by atomic mass is 16.2. The number of benzene rings is 1. The highest BCUT2D eigenvalue weighted by molar-refractivity contribution is 6.03. The van der Waals surface area contributed by atoms with Crippen LogP contribution in [-0.4, -0.2) is 24.3 Å².